The van der Waals surface area contributed by atoms with Gasteiger partial charge in [0.15, 0.2) is 6.61 Å². The van der Waals surface area contributed by atoms with Crippen LogP contribution < -0.4 is 14.8 Å². The van der Waals surface area contributed by atoms with Gasteiger partial charge in [0, 0.05) is 37.4 Å². The van der Waals surface area contributed by atoms with Gasteiger partial charge in [-0.05, 0) is 18.2 Å². The van der Waals surface area contributed by atoms with Crippen molar-refractivity contribution in [1.82, 2.24) is 14.9 Å². The molecule has 2 aromatic heterocycles. The molecular formula is C18H19F3N4O4. The molecule has 0 saturated heterocycles. The number of hydrogen-bond donors (Lipinski definition) is 1. The first kappa shape index (κ1) is 21.9. The average molecular weight is 412 g/mol. The molecule has 0 aliphatic rings. The number of carbonyl (C=O) groups is 2. The summed E-state index contributed by atoms with van der Waals surface area (Å²) in [5.41, 5.74) is 0.766. The molecule has 1 N–H and O–H groups in total. The minimum Gasteiger partial charge on any atom is -0.481 e. The van der Waals surface area contributed by atoms with Crippen LogP contribution in [0, 0.1) is 0 Å². The quantitative estimate of drug-likeness (QED) is 0.752. The highest BCUT2D eigenvalue weighted by atomic mass is 19.4. The maximum Gasteiger partial charge on any atom is 0.422 e. The largest absolute Gasteiger partial charge is 0.481 e. The third kappa shape index (κ3) is 6.63. The number of amides is 2. The van der Waals surface area contributed by atoms with E-state index in [-0.39, 0.29) is 35.9 Å². The van der Waals surface area contributed by atoms with Crippen LogP contribution >= 0.6 is 0 Å². The van der Waals surface area contributed by atoms with Gasteiger partial charge in [-0.15, -0.1) is 0 Å². The van der Waals surface area contributed by atoms with Gasteiger partial charge >= 0.3 is 6.18 Å². The zero-order valence-corrected chi connectivity index (χ0v) is 15.9. The van der Waals surface area contributed by atoms with Crippen molar-refractivity contribution in [1.29, 1.82) is 0 Å². The molecule has 0 radical (unpaired) electrons. The highest BCUT2D eigenvalue weighted by molar-refractivity contribution is 5.96. The van der Waals surface area contributed by atoms with Crippen LogP contribution in [0.3, 0.4) is 0 Å². The fourth-order valence-electron chi connectivity index (χ4n) is 2.35. The van der Waals surface area contributed by atoms with Crippen LogP contribution in [-0.2, 0) is 11.3 Å². The molecule has 2 rings (SSSR count). The molecule has 0 bridgehead atoms. The first-order chi connectivity index (χ1) is 13.6. The van der Waals surface area contributed by atoms with E-state index < -0.39 is 12.8 Å². The third-order valence-corrected chi connectivity index (χ3v) is 3.56. The molecule has 0 atom stereocenters. The first-order valence-electron chi connectivity index (χ1n) is 8.31. The maximum atomic E-state index is 12.6. The highest BCUT2D eigenvalue weighted by Crippen LogP contribution is 2.23. The Bertz CT molecular complexity index is 890. The lowest BCUT2D eigenvalue weighted by Crippen LogP contribution is -2.27. The van der Waals surface area contributed by atoms with Crippen molar-refractivity contribution < 1.29 is 32.2 Å². The summed E-state index contributed by atoms with van der Waals surface area (Å²) in [6.07, 6.45) is -3.10. The summed E-state index contributed by atoms with van der Waals surface area (Å²) in [6, 6.07) is 5.66. The van der Waals surface area contributed by atoms with Crippen molar-refractivity contribution in [3.8, 4) is 11.8 Å². The van der Waals surface area contributed by atoms with Crippen molar-refractivity contribution in [2.45, 2.75) is 19.6 Å². The van der Waals surface area contributed by atoms with Crippen LogP contribution in [0.5, 0.6) is 11.8 Å². The smallest absolute Gasteiger partial charge is 0.422 e. The summed E-state index contributed by atoms with van der Waals surface area (Å²) in [5.74, 6) is -0.649. The molecule has 2 heterocycles. The number of nitrogens with one attached hydrogen (secondary N) is 1. The third-order valence-electron chi connectivity index (χ3n) is 3.56. The second-order valence-electron chi connectivity index (χ2n) is 5.99. The summed E-state index contributed by atoms with van der Waals surface area (Å²) in [4.78, 5) is 33.0. The molecule has 0 unspecified atom stereocenters. The summed E-state index contributed by atoms with van der Waals surface area (Å²) in [6.45, 7) is -0.0738. The van der Waals surface area contributed by atoms with Crippen molar-refractivity contribution in [3.63, 3.8) is 0 Å². The number of anilines is 1. The van der Waals surface area contributed by atoms with Crippen LogP contribution in [-0.4, -0.2) is 53.6 Å². The van der Waals surface area contributed by atoms with Crippen molar-refractivity contribution in [3.05, 3.63) is 41.6 Å². The summed E-state index contributed by atoms with van der Waals surface area (Å²) in [7, 11) is 2.85. The summed E-state index contributed by atoms with van der Waals surface area (Å²) in [5, 5.41) is 2.49. The van der Waals surface area contributed by atoms with Gasteiger partial charge < -0.3 is 19.7 Å². The monoisotopic (exact) mass is 412 g/mol. The predicted molar refractivity (Wildman–Crippen MR) is 96.7 cm³/mol. The lowest BCUT2D eigenvalue weighted by Gasteiger charge is -2.19. The molecule has 0 aliphatic carbocycles. The number of ether oxygens (including phenoxy) is 2. The number of halogens is 3. The van der Waals surface area contributed by atoms with E-state index in [2.05, 4.69) is 20.0 Å². The lowest BCUT2D eigenvalue weighted by atomic mass is 10.2. The average Bonchev–Trinajstić information content (AvgIpc) is 2.65. The second-order valence-corrected chi connectivity index (χ2v) is 5.99. The van der Waals surface area contributed by atoms with Gasteiger partial charge in [0.05, 0.1) is 13.7 Å². The Morgan fingerprint density at radius 2 is 1.97 bits per heavy atom. The minimum absolute atomic E-state index is 0.0398. The maximum absolute atomic E-state index is 12.6. The Labute approximate surface area is 164 Å². The van der Waals surface area contributed by atoms with E-state index in [0.717, 1.165) is 0 Å². The first-order valence-corrected chi connectivity index (χ1v) is 8.31. The lowest BCUT2D eigenvalue weighted by molar-refractivity contribution is -0.154. The van der Waals surface area contributed by atoms with Crippen LogP contribution in [0.2, 0.25) is 0 Å². The molecule has 0 aromatic carbocycles. The topological polar surface area (TPSA) is 93.7 Å². The van der Waals surface area contributed by atoms with Gasteiger partial charge in [-0.3, -0.25) is 9.59 Å². The molecule has 156 valence electrons. The van der Waals surface area contributed by atoms with Crippen LogP contribution in [0.1, 0.15) is 22.8 Å². The van der Waals surface area contributed by atoms with E-state index in [4.69, 9.17) is 4.74 Å². The van der Waals surface area contributed by atoms with E-state index in [1.807, 2.05) is 0 Å². The summed E-state index contributed by atoms with van der Waals surface area (Å²) >= 11 is 0. The van der Waals surface area contributed by atoms with E-state index >= 15 is 0 Å². The molecule has 11 heteroatoms. The SMILES string of the molecule is COc1nc(OCC(F)(F)F)ccc1CN(C)C(=O)c1ccnc(NC(C)=O)c1. The van der Waals surface area contributed by atoms with Gasteiger partial charge in [-0.25, -0.2) is 4.98 Å². The molecular weight excluding hydrogens is 393 g/mol. The van der Waals surface area contributed by atoms with Crippen LogP contribution in [0.25, 0.3) is 0 Å². The molecule has 0 spiro atoms. The molecule has 2 amide bonds. The van der Waals surface area contributed by atoms with Gasteiger partial charge in [0.1, 0.15) is 5.82 Å². The molecule has 0 saturated carbocycles. The fraction of sp³-hybridized carbons (Fsp3) is 0.333. The fourth-order valence-corrected chi connectivity index (χ4v) is 2.35. The predicted octanol–water partition coefficient (Wildman–Crippen LogP) is 2.66. The van der Waals surface area contributed by atoms with Gasteiger partial charge in [-0.1, -0.05) is 0 Å². The molecule has 29 heavy (non-hydrogen) atoms. The van der Waals surface area contributed by atoms with Crippen LogP contribution in [0.4, 0.5) is 19.0 Å². The van der Waals surface area contributed by atoms with Gasteiger partial charge in [0.25, 0.3) is 5.91 Å². The zero-order chi connectivity index (χ0) is 21.6. The van der Waals surface area contributed by atoms with Crippen molar-refractivity contribution in [2.24, 2.45) is 0 Å². The zero-order valence-electron chi connectivity index (χ0n) is 15.9. The molecule has 8 nitrogen and oxygen atoms in total. The number of nitrogens with zero attached hydrogens (tertiary/aromatic N) is 3. The van der Waals surface area contributed by atoms with Crippen molar-refractivity contribution in [2.75, 3.05) is 26.1 Å². The summed E-state index contributed by atoms with van der Waals surface area (Å²) < 4.78 is 46.5. The number of hydrogen-bond acceptors (Lipinski definition) is 6. The minimum atomic E-state index is -4.49. The molecule has 0 fully saturated rings. The number of aromatic nitrogens is 2. The molecule has 0 aliphatic heterocycles. The Balaban J connectivity index is 2.12. The van der Waals surface area contributed by atoms with E-state index in [1.54, 1.807) is 0 Å². The number of pyridine rings is 2. The Kier molecular flexibility index (Phi) is 6.97. The normalized spacial score (nSPS) is 11.0. The Morgan fingerprint density at radius 3 is 2.59 bits per heavy atom. The number of methoxy groups -OCH3 is 1. The number of rotatable bonds is 7. The molecule has 2 aromatic rings. The van der Waals surface area contributed by atoms with Gasteiger partial charge in [0.2, 0.25) is 17.7 Å². The number of alkyl halides is 3. The van der Waals surface area contributed by atoms with Gasteiger partial charge in [-0.2, -0.15) is 18.2 Å². The van der Waals surface area contributed by atoms with E-state index in [1.165, 1.54) is 56.4 Å². The Hall–Kier alpha value is -3.37. The standard InChI is InChI=1S/C18H19F3N4O4/c1-11(26)23-14-8-12(6-7-22-14)17(27)25(2)9-13-4-5-15(24-16(13)28-3)29-10-18(19,20)21/h4-8H,9-10H2,1-3H3,(H,22,23,26). The van der Waals surface area contributed by atoms with Crippen LogP contribution in [0.15, 0.2) is 30.5 Å². The van der Waals surface area contributed by atoms with E-state index in [9.17, 15) is 22.8 Å². The van der Waals surface area contributed by atoms with Crippen molar-refractivity contribution >= 4 is 17.6 Å². The highest BCUT2D eigenvalue weighted by Gasteiger charge is 2.29. The Morgan fingerprint density at radius 1 is 1.24 bits per heavy atom. The number of carbonyl (C=O) groups excluding carboxylic acids is 2. The van der Waals surface area contributed by atoms with E-state index in [0.29, 0.717) is 11.1 Å². The second kappa shape index (κ2) is 9.22.